The summed E-state index contributed by atoms with van der Waals surface area (Å²) in [4.78, 5) is 0. The number of nitrogens with zero attached hydrogens (tertiary/aromatic N) is 2. The Morgan fingerprint density at radius 2 is 2.25 bits per heavy atom. The topological polar surface area (TPSA) is 53.6 Å². The standard InChI is InChI=1S/C13H15F3N4/c1-12(7-18-20(8-12)19-9-17)10-3-2-4-11(6-5-10)13(14,15)16/h2,4-6,9,18H,7-8H2,1H3,(H2,17,19). The predicted molar refractivity (Wildman–Crippen MR) is 70.4 cm³/mol. The fourth-order valence-corrected chi connectivity index (χ4v) is 2.11. The number of alkyl halides is 3. The van der Waals surface area contributed by atoms with Gasteiger partial charge in [-0.25, -0.2) is 10.5 Å². The highest BCUT2D eigenvalue weighted by Gasteiger charge is 2.37. The van der Waals surface area contributed by atoms with E-state index in [0.29, 0.717) is 18.7 Å². The summed E-state index contributed by atoms with van der Waals surface area (Å²) in [5, 5.41) is 5.46. The van der Waals surface area contributed by atoms with Crippen molar-refractivity contribution in [1.29, 1.82) is 0 Å². The lowest BCUT2D eigenvalue weighted by Crippen LogP contribution is -2.26. The zero-order chi connectivity index (χ0) is 14.8. The van der Waals surface area contributed by atoms with E-state index in [4.69, 9.17) is 5.73 Å². The molecule has 0 aromatic carbocycles. The van der Waals surface area contributed by atoms with Crippen LogP contribution >= 0.6 is 0 Å². The first-order valence-corrected chi connectivity index (χ1v) is 6.03. The van der Waals surface area contributed by atoms with Gasteiger partial charge in [-0.3, -0.25) is 0 Å². The molecule has 0 saturated carbocycles. The molecule has 1 fully saturated rings. The summed E-state index contributed by atoms with van der Waals surface area (Å²) in [7, 11) is 0. The van der Waals surface area contributed by atoms with Gasteiger partial charge in [-0.15, -0.1) is 5.73 Å². The van der Waals surface area contributed by atoms with Gasteiger partial charge in [0.2, 0.25) is 0 Å². The Hall–Kier alpha value is -1.98. The maximum Gasteiger partial charge on any atom is 0.416 e. The average molecular weight is 284 g/mol. The quantitative estimate of drug-likeness (QED) is 0.462. The fraction of sp³-hybridized carbons (Fsp3) is 0.385. The number of allylic oxidation sites excluding steroid dienone is 4. The molecule has 0 radical (unpaired) electrons. The summed E-state index contributed by atoms with van der Waals surface area (Å²) >= 11 is 0. The third-order valence-corrected chi connectivity index (χ3v) is 3.27. The maximum absolute atomic E-state index is 12.7. The zero-order valence-electron chi connectivity index (χ0n) is 10.9. The van der Waals surface area contributed by atoms with Crippen LogP contribution < -0.4 is 11.2 Å². The highest BCUT2D eigenvalue weighted by molar-refractivity contribution is 5.50. The van der Waals surface area contributed by atoms with Crippen molar-refractivity contribution in [3.8, 4) is 0 Å². The molecule has 2 aliphatic rings. The Labute approximate surface area is 114 Å². The number of halogens is 3. The molecule has 1 heterocycles. The third-order valence-electron chi connectivity index (χ3n) is 3.27. The van der Waals surface area contributed by atoms with Crippen LogP contribution in [0.1, 0.15) is 6.92 Å². The minimum Gasteiger partial charge on any atom is -0.388 e. The SMILES string of the molecule is CC1(C2=C=CC=C(C(F)(F)F)C=C2)CNN(/N=C\N)C1. The summed E-state index contributed by atoms with van der Waals surface area (Å²) in [5.41, 5.74) is 10.8. The Morgan fingerprint density at radius 3 is 2.90 bits per heavy atom. The molecule has 1 atom stereocenters. The number of hydrazine groups is 1. The largest absolute Gasteiger partial charge is 0.416 e. The van der Waals surface area contributed by atoms with Gasteiger partial charge in [0.15, 0.2) is 0 Å². The Kier molecular flexibility index (Phi) is 3.74. The molecule has 1 aliphatic heterocycles. The molecular formula is C13H15F3N4. The molecule has 0 aromatic heterocycles. The molecule has 108 valence electrons. The van der Waals surface area contributed by atoms with Crippen LogP contribution in [0.2, 0.25) is 0 Å². The number of hydrogen-bond acceptors (Lipinski definition) is 3. The Balaban J connectivity index is 2.19. The molecule has 2 rings (SSSR count). The normalized spacial score (nSPS) is 26.9. The van der Waals surface area contributed by atoms with Crippen molar-refractivity contribution in [2.75, 3.05) is 13.1 Å². The van der Waals surface area contributed by atoms with E-state index >= 15 is 0 Å². The van der Waals surface area contributed by atoms with Gasteiger partial charge in [0.05, 0.1) is 12.1 Å². The Bertz CT molecular complexity index is 538. The molecule has 0 aromatic rings. The second-order valence-corrected chi connectivity index (χ2v) is 4.90. The van der Waals surface area contributed by atoms with Crippen LogP contribution in [-0.2, 0) is 0 Å². The minimum absolute atomic E-state index is 0.381. The van der Waals surface area contributed by atoms with E-state index in [1.165, 1.54) is 12.2 Å². The van der Waals surface area contributed by atoms with Crippen molar-refractivity contribution in [3.05, 3.63) is 41.2 Å². The maximum atomic E-state index is 12.7. The van der Waals surface area contributed by atoms with E-state index in [9.17, 15) is 13.2 Å². The van der Waals surface area contributed by atoms with Crippen molar-refractivity contribution in [2.24, 2.45) is 16.3 Å². The van der Waals surface area contributed by atoms with Crippen LogP contribution in [0, 0.1) is 5.41 Å². The molecule has 1 aliphatic carbocycles. The highest BCUT2D eigenvalue weighted by Crippen LogP contribution is 2.34. The van der Waals surface area contributed by atoms with E-state index in [1.807, 2.05) is 6.92 Å². The lowest BCUT2D eigenvalue weighted by atomic mass is 9.83. The second kappa shape index (κ2) is 5.19. The van der Waals surface area contributed by atoms with E-state index in [2.05, 4.69) is 16.3 Å². The second-order valence-electron chi connectivity index (χ2n) is 4.90. The van der Waals surface area contributed by atoms with Crippen molar-refractivity contribution in [3.63, 3.8) is 0 Å². The van der Waals surface area contributed by atoms with Gasteiger partial charge in [-0.1, -0.05) is 13.0 Å². The summed E-state index contributed by atoms with van der Waals surface area (Å²) in [6.07, 6.45) is 1.67. The summed E-state index contributed by atoms with van der Waals surface area (Å²) < 4.78 is 38.0. The molecular weight excluding hydrogens is 269 g/mol. The number of nitrogens with two attached hydrogens (primary N) is 1. The summed E-state index contributed by atoms with van der Waals surface area (Å²) in [6.45, 7) is 2.99. The smallest absolute Gasteiger partial charge is 0.388 e. The third kappa shape index (κ3) is 2.95. The van der Waals surface area contributed by atoms with Gasteiger partial charge in [-0.05, 0) is 18.2 Å². The van der Waals surface area contributed by atoms with E-state index in [-0.39, 0.29) is 5.41 Å². The van der Waals surface area contributed by atoms with Crippen LogP contribution in [0.4, 0.5) is 13.2 Å². The highest BCUT2D eigenvalue weighted by atomic mass is 19.4. The van der Waals surface area contributed by atoms with Crippen LogP contribution in [0.3, 0.4) is 0 Å². The Morgan fingerprint density at radius 1 is 1.50 bits per heavy atom. The predicted octanol–water partition coefficient (Wildman–Crippen LogP) is 1.85. The van der Waals surface area contributed by atoms with Crippen LogP contribution in [0.5, 0.6) is 0 Å². The van der Waals surface area contributed by atoms with E-state index in [0.717, 1.165) is 18.5 Å². The van der Waals surface area contributed by atoms with Crippen molar-refractivity contribution in [1.82, 2.24) is 10.5 Å². The number of hydrazone groups is 1. The van der Waals surface area contributed by atoms with Gasteiger partial charge in [-0.2, -0.15) is 18.3 Å². The first kappa shape index (κ1) is 14.4. The number of hydrogen-bond donors (Lipinski definition) is 2. The van der Waals surface area contributed by atoms with Crippen LogP contribution in [-0.4, -0.2) is 30.7 Å². The molecule has 0 amide bonds. The van der Waals surface area contributed by atoms with Crippen molar-refractivity contribution in [2.45, 2.75) is 13.1 Å². The van der Waals surface area contributed by atoms with Gasteiger partial charge >= 0.3 is 6.18 Å². The lowest BCUT2D eigenvalue weighted by Gasteiger charge is -2.22. The lowest BCUT2D eigenvalue weighted by molar-refractivity contribution is -0.0881. The van der Waals surface area contributed by atoms with E-state index in [1.54, 1.807) is 5.12 Å². The zero-order valence-corrected chi connectivity index (χ0v) is 10.9. The van der Waals surface area contributed by atoms with Gasteiger partial charge < -0.3 is 5.73 Å². The average Bonchev–Trinajstić information content (AvgIpc) is 2.61. The number of nitrogens with one attached hydrogen (secondary N) is 1. The van der Waals surface area contributed by atoms with Crippen molar-refractivity contribution >= 4 is 6.34 Å². The first-order valence-electron chi connectivity index (χ1n) is 6.03. The van der Waals surface area contributed by atoms with Crippen LogP contribution in [0.25, 0.3) is 0 Å². The van der Waals surface area contributed by atoms with Crippen molar-refractivity contribution < 1.29 is 13.2 Å². The fourth-order valence-electron chi connectivity index (χ4n) is 2.11. The monoisotopic (exact) mass is 284 g/mol. The molecule has 1 unspecified atom stereocenters. The summed E-state index contributed by atoms with van der Waals surface area (Å²) in [6, 6.07) is 0. The molecule has 1 saturated heterocycles. The first-order chi connectivity index (χ1) is 9.35. The van der Waals surface area contributed by atoms with Crippen LogP contribution in [0.15, 0.2) is 46.3 Å². The summed E-state index contributed by atoms with van der Waals surface area (Å²) in [5.74, 6) is 0. The number of rotatable bonds is 2. The molecule has 20 heavy (non-hydrogen) atoms. The molecule has 0 bridgehead atoms. The minimum atomic E-state index is -4.35. The molecule has 0 spiro atoms. The molecule has 3 N–H and O–H groups in total. The molecule has 7 heteroatoms. The molecule has 4 nitrogen and oxygen atoms in total. The van der Waals surface area contributed by atoms with E-state index < -0.39 is 11.7 Å². The van der Waals surface area contributed by atoms with Gasteiger partial charge in [0.25, 0.3) is 0 Å². The van der Waals surface area contributed by atoms with Gasteiger partial charge in [0.1, 0.15) is 6.34 Å². The van der Waals surface area contributed by atoms with Gasteiger partial charge in [0, 0.05) is 17.5 Å².